The lowest BCUT2D eigenvalue weighted by Gasteiger charge is -2.25. The first-order valence-electron chi connectivity index (χ1n) is 9.30. The summed E-state index contributed by atoms with van der Waals surface area (Å²) in [5.74, 6) is 0.986. The second-order valence-electron chi connectivity index (χ2n) is 7.80. The van der Waals surface area contributed by atoms with Gasteiger partial charge in [0.2, 0.25) is 0 Å². The first-order chi connectivity index (χ1) is 12.8. The third kappa shape index (κ3) is 5.22. The summed E-state index contributed by atoms with van der Waals surface area (Å²) in [6.45, 7) is 7.09. The standard InChI is InChI=1S/C22H26FNO3/c1-22(2,3)27-20-11-9-19(10-12-20)26-15-18-8-5-13-24(18)21(25)16-6-4-7-17(23)14-16/h4,6-7,9-12,14,18H,5,8,13,15H2,1-3H3. The molecule has 0 N–H and O–H groups in total. The molecule has 0 spiro atoms. The maximum atomic E-state index is 13.4. The van der Waals surface area contributed by atoms with Crippen LogP contribution < -0.4 is 9.47 Å². The average Bonchev–Trinajstić information content (AvgIpc) is 3.08. The number of hydrogen-bond acceptors (Lipinski definition) is 3. The SMILES string of the molecule is CC(C)(C)Oc1ccc(OCC2CCCN2C(=O)c2cccc(F)c2)cc1. The molecule has 0 saturated carbocycles. The van der Waals surface area contributed by atoms with E-state index in [4.69, 9.17) is 9.47 Å². The van der Waals surface area contributed by atoms with E-state index in [-0.39, 0.29) is 17.6 Å². The number of likely N-dealkylation sites (tertiary alicyclic amines) is 1. The Kier molecular flexibility index (Phi) is 5.68. The molecule has 0 aliphatic carbocycles. The van der Waals surface area contributed by atoms with Crippen molar-refractivity contribution in [1.82, 2.24) is 4.90 Å². The van der Waals surface area contributed by atoms with E-state index in [1.165, 1.54) is 12.1 Å². The number of hydrogen-bond donors (Lipinski definition) is 0. The van der Waals surface area contributed by atoms with Crippen molar-refractivity contribution in [3.05, 3.63) is 59.9 Å². The van der Waals surface area contributed by atoms with Crippen molar-refractivity contribution >= 4 is 5.91 Å². The molecular weight excluding hydrogens is 345 g/mol. The fourth-order valence-electron chi connectivity index (χ4n) is 3.21. The van der Waals surface area contributed by atoms with Crippen LogP contribution in [0.3, 0.4) is 0 Å². The minimum absolute atomic E-state index is 0.00808. The van der Waals surface area contributed by atoms with Gasteiger partial charge in [0.05, 0.1) is 6.04 Å². The zero-order valence-corrected chi connectivity index (χ0v) is 16.1. The molecule has 1 atom stereocenters. The molecule has 144 valence electrons. The Bertz CT molecular complexity index is 783. The van der Waals surface area contributed by atoms with E-state index in [1.54, 1.807) is 17.0 Å². The molecule has 3 rings (SSSR count). The Hall–Kier alpha value is -2.56. The number of amides is 1. The second kappa shape index (κ2) is 7.99. The molecule has 0 bridgehead atoms. The van der Waals surface area contributed by atoms with Gasteiger partial charge in [-0.1, -0.05) is 6.07 Å². The molecule has 4 nitrogen and oxygen atoms in total. The highest BCUT2D eigenvalue weighted by atomic mass is 19.1. The predicted octanol–water partition coefficient (Wildman–Crippen LogP) is 4.69. The molecule has 0 radical (unpaired) electrons. The van der Waals surface area contributed by atoms with Crippen LogP contribution in [0.15, 0.2) is 48.5 Å². The lowest BCUT2D eigenvalue weighted by atomic mass is 10.1. The Morgan fingerprint density at radius 3 is 2.52 bits per heavy atom. The van der Waals surface area contributed by atoms with Gasteiger partial charge in [-0.25, -0.2) is 4.39 Å². The quantitative estimate of drug-likeness (QED) is 0.766. The van der Waals surface area contributed by atoms with E-state index in [9.17, 15) is 9.18 Å². The van der Waals surface area contributed by atoms with E-state index in [0.717, 1.165) is 24.3 Å². The van der Waals surface area contributed by atoms with E-state index >= 15 is 0 Å². The van der Waals surface area contributed by atoms with Crippen LogP contribution in [0.4, 0.5) is 4.39 Å². The van der Waals surface area contributed by atoms with Gasteiger partial charge in [-0.2, -0.15) is 0 Å². The molecule has 1 aliphatic rings. The minimum atomic E-state index is -0.398. The van der Waals surface area contributed by atoms with E-state index in [2.05, 4.69) is 0 Å². The van der Waals surface area contributed by atoms with Crippen LogP contribution in [0.5, 0.6) is 11.5 Å². The summed E-state index contributed by atoms with van der Waals surface area (Å²) in [6, 6.07) is 13.3. The highest BCUT2D eigenvalue weighted by Crippen LogP contribution is 2.24. The van der Waals surface area contributed by atoms with Crippen LogP contribution in [0.25, 0.3) is 0 Å². The number of carbonyl (C=O) groups is 1. The van der Waals surface area contributed by atoms with Crippen LogP contribution in [0.2, 0.25) is 0 Å². The van der Waals surface area contributed by atoms with E-state index in [1.807, 2.05) is 45.0 Å². The Labute approximate surface area is 159 Å². The summed E-state index contributed by atoms with van der Waals surface area (Å²) in [5.41, 5.74) is 0.134. The first kappa shape index (κ1) is 19.2. The normalized spacial score (nSPS) is 17.0. The van der Waals surface area contributed by atoms with Gasteiger partial charge in [0.1, 0.15) is 29.5 Å². The Balaban J connectivity index is 1.59. The van der Waals surface area contributed by atoms with Crippen molar-refractivity contribution in [1.29, 1.82) is 0 Å². The van der Waals surface area contributed by atoms with Gasteiger partial charge in [-0.15, -0.1) is 0 Å². The van der Waals surface area contributed by atoms with Crippen LogP contribution in [-0.4, -0.2) is 35.6 Å². The van der Waals surface area contributed by atoms with Gasteiger partial charge in [-0.05, 0) is 76.1 Å². The van der Waals surface area contributed by atoms with Crippen LogP contribution in [0, 0.1) is 5.82 Å². The molecule has 1 aliphatic heterocycles. The number of carbonyl (C=O) groups excluding carboxylic acids is 1. The molecule has 27 heavy (non-hydrogen) atoms. The molecule has 0 aromatic heterocycles. The van der Waals surface area contributed by atoms with Crippen molar-refractivity contribution in [3.63, 3.8) is 0 Å². The summed E-state index contributed by atoms with van der Waals surface area (Å²) >= 11 is 0. The van der Waals surface area contributed by atoms with Crippen molar-refractivity contribution < 1.29 is 18.7 Å². The topological polar surface area (TPSA) is 38.8 Å². The highest BCUT2D eigenvalue weighted by molar-refractivity contribution is 5.94. The molecule has 1 saturated heterocycles. The summed E-state index contributed by atoms with van der Waals surface area (Å²) in [7, 11) is 0. The second-order valence-corrected chi connectivity index (χ2v) is 7.80. The lowest BCUT2D eigenvalue weighted by molar-refractivity contribution is 0.0691. The third-order valence-electron chi connectivity index (χ3n) is 4.40. The fraction of sp³-hybridized carbons (Fsp3) is 0.409. The molecule has 5 heteroatoms. The number of benzene rings is 2. The van der Waals surface area contributed by atoms with E-state index in [0.29, 0.717) is 18.7 Å². The molecule has 2 aromatic rings. The van der Waals surface area contributed by atoms with Crippen molar-refractivity contribution in [2.24, 2.45) is 0 Å². The molecule has 1 unspecified atom stereocenters. The monoisotopic (exact) mass is 371 g/mol. The van der Waals surface area contributed by atoms with Crippen molar-refractivity contribution in [2.45, 2.75) is 45.3 Å². The highest BCUT2D eigenvalue weighted by Gasteiger charge is 2.30. The molecule has 1 heterocycles. The van der Waals surface area contributed by atoms with Gasteiger partial charge in [-0.3, -0.25) is 4.79 Å². The minimum Gasteiger partial charge on any atom is -0.491 e. The summed E-state index contributed by atoms with van der Waals surface area (Å²) < 4.78 is 25.1. The first-order valence-corrected chi connectivity index (χ1v) is 9.30. The van der Waals surface area contributed by atoms with Gasteiger partial charge in [0.25, 0.3) is 5.91 Å². The van der Waals surface area contributed by atoms with Crippen molar-refractivity contribution in [3.8, 4) is 11.5 Å². The fourth-order valence-corrected chi connectivity index (χ4v) is 3.21. The lowest BCUT2D eigenvalue weighted by Crippen LogP contribution is -2.39. The van der Waals surface area contributed by atoms with Crippen LogP contribution in [0.1, 0.15) is 44.0 Å². The Morgan fingerprint density at radius 2 is 1.85 bits per heavy atom. The van der Waals surface area contributed by atoms with Crippen molar-refractivity contribution in [2.75, 3.05) is 13.2 Å². The zero-order chi connectivity index (χ0) is 19.4. The maximum absolute atomic E-state index is 13.4. The molecule has 2 aromatic carbocycles. The van der Waals surface area contributed by atoms with E-state index < -0.39 is 5.82 Å². The number of rotatable bonds is 5. The van der Waals surface area contributed by atoms with Crippen LogP contribution in [-0.2, 0) is 0 Å². The number of nitrogens with zero attached hydrogens (tertiary/aromatic N) is 1. The largest absolute Gasteiger partial charge is 0.491 e. The zero-order valence-electron chi connectivity index (χ0n) is 16.1. The van der Waals surface area contributed by atoms with Gasteiger partial charge in [0.15, 0.2) is 0 Å². The number of halogens is 1. The maximum Gasteiger partial charge on any atom is 0.254 e. The average molecular weight is 371 g/mol. The summed E-state index contributed by atoms with van der Waals surface area (Å²) in [6.07, 6.45) is 1.81. The van der Waals surface area contributed by atoms with Gasteiger partial charge >= 0.3 is 0 Å². The third-order valence-corrected chi connectivity index (χ3v) is 4.40. The summed E-state index contributed by atoms with van der Waals surface area (Å²) in [4.78, 5) is 14.5. The van der Waals surface area contributed by atoms with Gasteiger partial charge < -0.3 is 14.4 Å². The Morgan fingerprint density at radius 1 is 1.15 bits per heavy atom. The summed E-state index contributed by atoms with van der Waals surface area (Å²) in [5, 5.41) is 0. The predicted molar refractivity (Wildman–Crippen MR) is 103 cm³/mol. The smallest absolute Gasteiger partial charge is 0.254 e. The molecule has 1 amide bonds. The molecule has 1 fully saturated rings. The molecular formula is C22H26FNO3. The van der Waals surface area contributed by atoms with Crippen LogP contribution >= 0.6 is 0 Å². The number of ether oxygens (including phenoxy) is 2. The van der Waals surface area contributed by atoms with Gasteiger partial charge in [0, 0.05) is 12.1 Å².